The lowest BCUT2D eigenvalue weighted by molar-refractivity contribution is 0.0655. The fraction of sp³-hybridized carbons (Fsp3) is 0.286. The van der Waals surface area contributed by atoms with Crippen molar-refractivity contribution in [2.45, 2.75) is 18.7 Å². The van der Waals surface area contributed by atoms with Crippen LogP contribution in [0.3, 0.4) is 0 Å². The SMILES string of the molecule is Cc1noc(C)c1S(=O)(=O)NCCN1C(=O)c2cccnc2C1=O. The number of fused-ring (bicyclic) bond motifs is 1. The second-order valence-corrected chi connectivity index (χ2v) is 6.92. The molecule has 0 atom stereocenters. The van der Waals surface area contributed by atoms with E-state index in [9.17, 15) is 18.0 Å². The molecule has 1 N–H and O–H groups in total. The van der Waals surface area contributed by atoms with Crippen LogP contribution in [0.1, 0.15) is 32.3 Å². The Bertz CT molecular complexity index is 880. The summed E-state index contributed by atoms with van der Waals surface area (Å²) in [5, 5.41) is 3.60. The maximum absolute atomic E-state index is 12.3. The van der Waals surface area contributed by atoms with Crippen molar-refractivity contribution in [2.75, 3.05) is 13.1 Å². The van der Waals surface area contributed by atoms with Crippen LogP contribution in [-0.2, 0) is 10.0 Å². The number of carbonyl (C=O) groups is 2. The van der Waals surface area contributed by atoms with Crippen LogP contribution in [0.15, 0.2) is 27.7 Å². The zero-order valence-corrected chi connectivity index (χ0v) is 13.8. The number of pyridine rings is 1. The minimum Gasteiger partial charge on any atom is -0.360 e. The third-order valence-corrected chi connectivity index (χ3v) is 5.30. The summed E-state index contributed by atoms with van der Waals surface area (Å²) in [5.41, 5.74) is 0.539. The smallest absolute Gasteiger partial charge is 0.280 e. The molecule has 0 saturated carbocycles. The van der Waals surface area contributed by atoms with Gasteiger partial charge in [-0.3, -0.25) is 19.5 Å². The van der Waals surface area contributed by atoms with E-state index in [1.807, 2.05) is 0 Å². The lowest BCUT2D eigenvalue weighted by Crippen LogP contribution is -2.38. The Morgan fingerprint density at radius 2 is 2.00 bits per heavy atom. The number of rotatable bonds is 5. The number of aryl methyl sites for hydroxylation is 2. The average Bonchev–Trinajstić information content (AvgIpc) is 3.00. The number of imide groups is 1. The fourth-order valence-corrected chi connectivity index (χ4v) is 3.89. The molecule has 3 heterocycles. The second-order valence-electron chi connectivity index (χ2n) is 5.21. The summed E-state index contributed by atoms with van der Waals surface area (Å²) in [4.78, 5) is 29.1. The van der Waals surface area contributed by atoms with E-state index in [0.717, 1.165) is 4.90 Å². The van der Waals surface area contributed by atoms with Gasteiger partial charge in [0.1, 0.15) is 16.3 Å². The molecule has 10 heteroatoms. The first-order valence-corrected chi connectivity index (χ1v) is 8.55. The number of sulfonamides is 1. The molecule has 0 aliphatic carbocycles. The summed E-state index contributed by atoms with van der Waals surface area (Å²) in [6.07, 6.45) is 1.42. The van der Waals surface area contributed by atoms with Crippen molar-refractivity contribution in [1.82, 2.24) is 19.8 Å². The maximum atomic E-state index is 12.3. The zero-order valence-electron chi connectivity index (χ0n) is 12.9. The van der Waals surface area contributed by atoms with Crippen molar-refractivity contribution in [3.8, 4) is 0 Å². The van der Waals surface area contributed by atoms with Gasteiger partial charge < -0.3 is 4.52 Å². The van der Waals surface area contributed by atoms with Crippen LogP contribution in [0.4, 0.5) is 0 Å². The molecule has 0 bridgehead atoms. The first kappa shape index (κ1) is 16.3. The summed E-state index contributed by atoms with van der Waals surface area (Å²) in [5.74, 6) is -0.850. The highest BCUT2D eigenvalue weighted by molar-refractivity contribution is 7.89. The number of aromatic nitrogens is 2. The van der Waals surface area contributed by atoms with E-state index in [0.29, 0.717) is 0 Å². The van der Waals surface area contributed by atoms with E-state index in [1.54, 1.807) is 6.07 Å². The number of nitrogens with one attached hydrogen (secondary N) is 1. The molecule has 2 aromatic heterocycles. The third-order valence-electron chi connectivity index (χ3n) is 3.60. The highest BCUT2D eigenvalue weighted by Gasteiger charge is 2.36. The van der Waals surface area contributed by atoms with Crippen molar-refractivity contribution >= 4 is 21.8 Å². The molecule has 9 nitrogen and oxygen atoms in total. The molecule has 24 heavy (non-hydrogen) atoms. The van der Waals surface area contributed by atoms with Gasteiger partial charge in [-0.25, -0.2) is 13.1 Å². The second kappa shape index (κ2) is 5.80. The first-order valence-electron chi connectivity index (χ1n) is 7.06. The van der Waals surface area contributed by atoms with Crippen LogP contribution in [0.5, 0.6) is 0 Å². The predicted molar refractivity (Wildman–Crippen MR) is 80.8 cm³/mol. The monoisotopic (exact) mass is 350 g/mol. The zero-order chi connectivity index (χ0) is 17.5. The Labute approximate surface area is 137 Å². The van der Waals surface area contributed by atoms with E-state index in [-0.39, 0.29) is 40.7 Å². The summed E-state index contributed by atoms with van der Waals surface area (Å²) in [6.45, 7) is 2.78. The molecule has 0 saturated heterocycles. The Kier molecular flexibility index (Phi) is 3.93. The Hall–Kier alpha value is -2.59. The largest absolute Gasteiger partial charge is 0.360 e. The summed E-state index contributed by atoms with van der Waals surface area (Å²) >= 11 is 0. The van der Waals surface area contributed by atoms with Gasteiger partial charge in [-0.1, -0.05) is 5.16 Å². The van der Waals surface area contributed by atoms with Gasteiger partial charge in [0, 0.05) is 19.3 Å². The number of carbonyl (C=O) groups excluding carboxylic acids is 2. The molecule has 0 aromatic carbocycles. The van der Waals surface area contributed by atoms with Gasteiger partial charge in [0.25, 0.3) is 11.8 Å². The number of hydrogen-bond donors (Lipinski definition) is 1. The van der Waals surface area contributed by atoms with Crippen molar-refractivity contribution in [2.24, 2.45) is 0 Å². The molecule has 1 aliphatic heterocycles. The average molecular weight is 350 g/mol. The summed E-state index contributed by atoms with van der Waals surface area (Å²) in [7, 11) is -3.84. The van der Waals surface area contributed by atoms with E-state index in [4.69, 9.17) is 4.52 Å². The number of hydrogen-bond acceptors (Lipinski definition) is 7. The Balaban J connectivity index is 1.70. The van der Waals surface area contributed by atoms with Crippen LogP contribution in [0, 0.1) is 13.8 Å². The van der Waals surface area contributed by atoms with Gasteiger partial charge in [0.05, 0.1) is 5.56 Å². The standard InChI is InChI=1S/C14H14N4O5S/c1-8-12(9(2)23-17-8)24(21,22)16-6-7-18-13(19)10-4-3-5-15-11(10)14(18)20/h3-5,16H,6-7H2,1-2H3. The molecule has 2 aromatic rings. The fourth-order valence-electron chi connectivity index (χ4n) is 2.54. The topological polar surface area (TPSA) is 122 Å². The molecular weight excluding hydrogens is 336 g/mol. The van der Waals surface area contributed by atoms with Crippen LogP contribution < -0.4 is 4.72 Å². The van der Waals surface area contributed by atoms with Crippen LogP contribution >= 0.6 is 0 Å². The molecule has 2 amide bonds. The summed E-state index contributed by atoms with van der Waals surface area (Å²) in [6, 6.07) is 3.07. The normalized spacial score (nSPS) is 14.3. The van der Waals surface area contributed by atoms with Crippen molar-refractivity contribution < 1.29 is 22.5 Å². The Morgan fingerprint density at radius 3 is 2.62 bits per heavy atom. The minimum absolute atomic E-state index is 0.0356. The maximum Gasteiger partial charge on any atom is 0.280 e. The van der Waals surface area contributed by atoms with Gasteiger partial charge in [0.15, 0.2) is 5.76 Å². The van der Waals surface area contributed by atoms with Gasteiger partial charge >= 0.3 is 0 Å². The van der Waals surface area contributed by atoms with Gasteiger partial charge in [-0.15, -0.1) is 0 Å². The lowest BCUT2D eigenvalue weighted by Gasteiger charge is -2.14. The highest BCUT2D eigenvalue weighted by Crippen LogP contribution is 2.21. The van der Waals surface area contributed by atoms with Crippen LogP contribution in [0.25, 0.3) is 0 Å². The van der Waals surface area contributed by atoms with Crippen molar-refractivity contribution in [3.63, 3.8) is 0 Å². The molecular formula is C14H14N4O5S. The summed E-state index contributed by atoms with van der Waals surface area (Å²) < 4.78 is 31.7. The lowest BCUT2D eigenvalue weighted by atomic mass is 10.2. The quantitative estimate of drug-likeness (QED) is 0.767. The molecule has 0 radical (unpaired) electrons. The molecule has 0 unspecified atom stereocenters. The predicted octanol–water partition coefficient (Wildman–Crippen LogP) is 0.261. The Morgan fingerprint density at radius 1 is 1.25 bits per heavy atom. The highest BCUT2D eigenvalue weighted by atomic mass is 32.2. The molecule has 3 rings (SSSR count). The number of amides is 2. The van der Waals surface area contributed by atoms with E-state index < -0.39 is 21.8 Å². The van der Waals surface area contributed by atoms with Crippen LogP contribution in [-0.4, -0.2) is 48.4 Å². The van der Waals surface area contributed by atoms with Crippen molar-refractivity contribution in [1.29, 1.82) is 0 Å². The number of nitrogens with zero attached hydrogens (tertiary/aromatic N) is 3. The van der Waals surface area contributed by atoms with Gasteiger partial charge in [0.2, 0.25) is 10.0 Å². The van der Waals surface area contributed by atoms with Gasteiger partial charge in [-0.05, 0) is 26.0 Å². The van der Waals surface area contributed by atoms with E-state index in [1.165, 1.54) is 26.1 Å². The third kappa shape index (κ3) is 2.59. The van der Waals surface area contributed by atoms with Gasteiger partial charge in [-0.2, -0.15) is 0 Å². The molecule has 0 fully saturated rings. The van der Waals surface area contributed by atoms with Crippen molar-refractivity contribution in [3.05, 3.63) is 41.0 Å². The molecule has 1 aliphatic rings. The molecule has 126 valence electrons. The van der Waals surface area contributed by atoms with E-state index in [2.05, 4.69) is 14.9 Å². The molecule has 0 spiro atoms. The minimum atomic E-state index is -3.84. The first-order chi connectivity index (χ1) is 11.3. The van der Waals surface area contributed by atoms with E-state index >= 15 is 0 Å². The van der Waals surface area contributed by atoms with Crippen LogP contribution in [0.2, 0.25) is 0 Å².